The van der Waals surface area contributed by atoms with Crippen LogP contribution in [0, 0.1) is 0 Å². The summed E-state index contributed by atoms with van der Waals surface area (Å²) in [6, 6.07) is 5.78. The molecular formula is C14H25N3O. The first-order valence-corrected chi connectivity index (χ1v) is 6.61. The van der Waals surface area contributed by atoms with Crippen molar-refractivity contribution in [3.05, 3.63) is 18.2 Å². The van der Waals surface area contributed by atoms with Gasteiger partial charge in [0.2, 0.25) is 0 Å². The second-order valence-electron chi connectivity index (χ2n) is 4.32. The highest BCUT2D eigenvalue weighted by Crippen LogP contribution is 2.24. The molecule has 4 nitrogen and oxygen atoms in total. The van der Waals surface area contributed by atoms with Crippen LogP contribution >= 0.6 is 0 Å². The number of hydrogen-bond acceptors (Lipinski definition) is 4. The van der Waals surface area contributed by atoms with E-state index >= 15 is 0 Å². The van der Waals surface area contributed by atoms with Gasteiger partial charge < -0.3 is 20.7 Å². The summed E-state index contributed by atoms with van der Waals surface area (Å²) >= 11 is 0. The Bertz CT molecular complexity index is 355. The Morgan fingerprint density at radius 3 is 2.67 bits per heavy atom. The van der Waals surface area contributed by atoms with Gasteiger partial charge >= 0.3 is 0 Å². The van der Waals surface area contributed by atoms with Crippen LogP contribution in [-0.2, 0) is 0 Å². The minimum atomic E-state index is 0.671. The molecule has 1 aromatic carbocycles. The summed E-state index contributed by atoms with van der Waals surface area (Å²) in [5, 5.41) is 3.39. The molecule has 0 atom stereocenters. The minimum absolute atomic E-state index is 0.671. The lowest BCUT2D eigenvalue weighted by atomic mass is 10.2. The number of benzene rings is 1. The van der Waals surface area contributed by atoms with Gasteiger partial charge in [0.25, 0.3) is 0 Å². The fourth-order valence-electron chi connectivity index (χ4n) is 1.92. The van der Waals surface area contributed by atoms with E-state index in [1.165, 1.54) is 6.42 Å². The molecule has 0 aliphatic rings. The lowest BCUT2D eigenvalue weighted by Crippen LogP contribution is -2.29. The average molecular weight is 251 g/mol. The predicted molar refractivity (Wildman–Crippen MR) is 78.3 cm³/mol. The van der Waals surface area contributed by atoms with Gasteiger partial charge in [-0.3, -0.25) is 0 Å². The zero-order valence-corrected chi connectivity index (χ0v) is 11.7. The van der Waals surface area contributed by atoms with Crippen LogP contribution in [0.4, 0.5) is 11.4 Å². The number of likely N-dealkylation sites (N-methyl/N-ethyl adjacent to an activating group) is 1. The molecule has 0 unspecified atom stereocenters. The van der Waals surface area contributed by atoms with Crippen LogP contribution in [0.3, 0.4) is 0 Å². The number of nitrogen functional groups attached to an aromatic ring is 1. The fourth-order valence-corrected chi connectivity index (χ4v) is 1.92. The average Bonchev–Trinajstić information content (AvgIpc) is 2.39. The second-order valence-corrected chi connectivity index (χ2v) is 4.32. The number of nitrogens with one attached hydrogen (secondary N) is 1. The molecule has 18 heavy (non-hydrogen) atoms. The van der Waals surface area contributed by atoms with Gasteiger partial charge in [-0.05, 0) is 31.6 Å². The SMILES string of the molecule is CCCN(CC)CCNc1ccc(N)c(OC)c1. The molecule has 0 heterocycles. The van der Waals surface area contributed by atoms with Crippen molar-refractivity contribution >= 4 is 11.4 Å². The van der Waals surface area contributed by atoms with Crippen molar-refractivity contribution in [1.29, 1.82) is 0 Å². The van der Waals surface area contributed by atoms with Crippen molar-refractivity contribution < 1.29 is 4.74 Å². The van der Waals surface area contributed by atoms with Gasteiger partial charge in [0, 0.05) is 24.8 Å². The van der Waals surface area contributed by atoms with Crippen LogP contribution < -0.4 is 15.8 Å². The Morgan fingerprint density at radius 2 is 2.06 bits per heavy atom. The summed E-state index contributed by atoms with van der Waals surface area (Å²) in [5.74, 6) is 0.723. The zero-order valence-electron chi connectivity index (χ0n) is 11.7. The van der Waals surface area contributed by atoms with Gasteiger partial charge in [0.15, 0.2) is 0 Å². The Morgan fingerprint density at radius 1 is 1.28 bits per heavy atom. The number of methoxy groups -OCH3 is 1. The standard InChI is InChI=1S/C14H25N3O/c1-4-9-17(5-2)10-8-16-12-6-7-13(15)14(11-12)18-3/h6-7,11,16H,4-5,8-10,15H2,1-3H3. The summed E-state index contributed by atoms with van der Waals surface area (Å²) in [5.41, 5.74) is 7.50. The smallest absolute Gasteiger partial charge is 0.143 e. The van der Waals surface area contributed by atoms with E-state index in [-0.39, 0.29) is 0 Å². The molecule has 0 spiro atoms. The van der Waals surface area contributed by atoms with Gasteiger partial charge in [-0.1, -0.05) is 13.8 Å². The van der Waals surface area contributed by atoms with Gasteiger partial charge in [0.05, 0.1) is 12.8 Å². The molecule has 3 N–H and O–H groups in total. The monoisotopic (exact) mass is 251 g/mol. The third-order valence-electron chi connectivity index (χ3n) is 2.98. The molecular weight excluding hydrogens is 226 g/mol. The highest BCUT2D eigenvalue weighted by molar-refractivity contribution is 5.61. The third kappa shape index (κ3) is 4.45. The summed E-state index contributed by atoms with van der Waals surface area (Å²) in [7, 11) is 1.63. The number of hydrogen-bond donors (Lipinski definition) is 2. The molecule has 0 amide bonds. The third-order valence-corrected chi connectivity index (χ3v) is 2.98. The van der Waals surface area contributed by atoms with E-state index in [0.29, 0.717) is 5.69 Å². The molecule has 0 radical (unpaired) electrons. The van der Waals surface area contributed by atoms with Crippen molar-refractivity contribution in [1.82, 2.24) is 4.90 Å². The number of rotatable bonds is 8. The summed E-state index contributed by atoms with van der Waals surface area (Å²) in [6.45, 7) is 8.64. The Hall–Kier alpha value is -1.42. The van der Waals surface area contributed by atoms with E-state index < -0.39 is 0 Å². The Balaban J connectivity index is 2.43. The van der Waals surface area contributed by atoms with Crippen LogP contribution in [0.15, 0.2) is 18.2 Å². The van der Waals surface area contributed by atoms with E-state index in [2.05, 4.69) is 24.1 Å². The van der Waals surface area contributed by atoms with Gasteiger partial charge in [-0.25, -0.2) is 0 Å². The lowest BCUT2D eigenvalue weighted by molar-refractivity contribution is 0.300. The first-order valence-electron chi connectivity index (χ1n) is 6.61. The number of nitrogens with zero attached hydrogens (tertiary/aromatic N) is 1. The molecule has 0 saturated carbocycles. The molecule has 0 bridgehead atoms. The highest BCUT2D eigenvalue weighted by atomic mass is 16.5. The van der Waals surface area contributed by atoms with Crippen LogP contribution in [0.25, 0.3) is 0 Å². The van der Waals surface area contributed by atoms with Gasteiger partial charge in [-0.2, -0.15) is 0 Å². The molecule has 102 valence electrons. The maximum Gasteiger partial charge on any atom is 0.143 e. The Labute approximate surface area is 110 Å². The van der Waals surface area contributed by atoms with E-state index in [9.17, 15) is 0 Å². The molecule has 0 aromatic heterocycles. The number of anilines is 2. The predicted octanol–water partition coefficient (Wildman–Crippen LogP) is 2.42. The van der Waals surface area contributed by atoms with E-state index in [1.54, 1.807) is 7.11 Å². The first-order chi connectivity index (χ1) is 8.71. The van der Waals surface area contributed by atoms with Crippen molar-refractivity contribution in [2.45, 2.75) is 20.3 Å². The fraction of sp³-hybridized carbons (Fsp3) is 0.571. The van der Waals surface area contributed by atoms with Gasteiger partial charge in [0.1, 0.15) is 5.75 Å². The minimum Gasteiger partial charge on any atom is -0.495 e. The molecule has 0 aliphatic heterocycles. The first kappa shape index (κ1) is 14.6. The maximum atomic E-state index is 5.78. The van der Waals surface area contributed by atoms with Gasteiger partial charge in [-0.15, -0.1) is 0 Å². The molecule has 1 rings (SSSR count). The topological polar surface area (TPSA) is 50.5 Å². The molecule has 0 fully saturated rings. The van der Waals surface area contributed by atoms with Crippen LogP contribution in [0.5, 0.6) is 5.75 Å². The quantitative estimate of drug-likeness (QED) is 0.697. The number of ether oxygens (including phenoxy) is 1. The van der Waals surface area contributed by atoms with E-state index in [0.717, 1.165) is 37.6 Å². The summed E-state index contributed by atoms with van der Waals surface area (Å²) in [4.78, 5) is 2.43. The number of nitrogens with two attached hydrogens (primary N) is 1. The van der Waals surface area contributed by atoms with E-state index in [4.69, 9.17) is 10.5 Å². The molecule has 0 aliphatic carbocycles. The second kappa shape index (κ2) is 7.82. The van der Waals surface area contributed by atoms with Crippen molar-refractivity contribution in [2.75, 3.05) is 44.3 Å². The largest absolute Gasteiger partial charge is 0.495 e. The van der Waals surface area contributed by atoms with Crippen molar-refractivity contribution in [3.8, 4) is 5.75 Å². The van der Waals surface area contributed by atoms with E-state index in [1.807, 2.05) is 18.2 Å². The normalized spacial score (nSPS) is 10.7. The molecule has 1 aromatic rings. The van der Waals surface area contributed by atoms with Crippen LogP contribution in [-0.4, -0.2) is 38.2 Å². The summed E-state index contributed by atoms with van der Waals surface area (Å²) < 4.78 is 5.20. The van der Waals surface area contributed by atoms with Crippen molar-refractivity contribution in [2.24, 2.45) is 0 Å². The van der Waals surface area contributed by atoms with Crippen LogP contribution in [0.1, 0.15) is 20.3 Å². The maximum absolute atomic E-state index is 5.78. The summed E-state index contributed by atoms with van der Waals surface area (Å²) in [6.07, 6.45) is 1.20. The van der Waals surface area contributed by atoms with Crippen LogP contribution in [0.2, 0.25) is 0 Å². The molecule has 0 saturated heterocycles. The highest BCUT2D eigenvalue weighted by Gasteiger charge is 2.02. The van der Waals surface area contributed by atoms with Crippen molar-refractivity contribution in [3.63, 3.8) is 0 Å². The Kier molecular flexibility index (Phi) is 6.36. The lowest BCUT2D eigenvalue weighted by Gasteiger charge is -2.20. The zero-order chi connectivity index (χ0) is 13.4. The molecule has 4 heteroatoms.